The summed E-state index contributed by atoms with van der Waals surface area (Å²) < 4.78 is 0. The molecule has 1 heterocycles. The van der Waals surface area contributed by atoms with Gasteiger partial charge in [-0.3, -0.25) is 9.78 Å². The van der Waals surface area contributed by atoms with E-state index in [9.17, 15) is 9.90 Å². The molecule has 4 nitrogen and oxygen atoms in total. The fourth-order valence-electron chi connectivity index (χ4n) is 1.80. The highest BCUT2D eigenvalue weighted by atomic mass is 35.5. The zero-order valence-electron chi connectivity index (χ0n) is 10.8. The van der Waals surface area contributed by atoms with E-state index in [2.05, 4.69) is 10.3 Å². The first-order valence-electron chi connectivity index (χ1n) is 6.33. The van der Waals surface area contributed by atoms with E-state index < -0.39 is 0 Å². The lowest BCUT2D eigenvalue weighted by Crippen LogP contribution is -2.11. The number of carbonyl (C=O) groups excluding carboxylic acids is 1. The minimum absolute atomic E-state index is 0.0319. The summed E-state index contributed by atoms with van der Waals surface area (Å²) in [4.78, 5) is 16.0. The summed E-state index contributed by atoms with van der Waals surface area (Å²) in [6, 6.07) is 10.3. The van der Waals surface area contributed by atoms with Crippen molar-refractivity contribution in [1.82, 2.24) is 4.98 Å². The van der Waals surface area contributed by atoms with Crippen molar-refractivity contribution in [2.75, 3.05) is 5.32 Å². The van der Waals surface area contributed by atoms with Gasteiger partial charge in [0.05, 0.1) is 5.69 Å². The minimum atomic E-state index is -0.140. The second-order valence-corrected chi connectivity index (χ2v) is 4.82. The average molecular weight is 291 g/mol. The van der Waals surface area contributed by atoms with Crippen LogP contribution in [0.4, 0.5) is 5.69 Å². The predicted molar refractivity (Wildman–Crippen MR) is 78.9 cm³/mol. The predicted octanol–water partition coefficient (Wildman–Crippen LogP) is 3.40. The van der Waals surface area contributed by atoms with Crippen LogP contribution in [0.5, 0.6) is 5.75 Å². The summed E-state index contributed by atoms with van der Waals surface area (Å²) in [6.45, 7) is 0. The van der Waals surface area contributed by atoms with Crippen molar-refractivity contribution >= 4 is 23.2 Å². The Kier molecular flexibility index (Phi) is 4.96. The van der Waals surface area contributed by atoms with Gasteiger partial charge in [0.25, 0.3) is 0 Å². The van der Waals surface area contributed by atoms with Crippen molar-refractivity contribution < 1.29 is 9.90 Å². The molecule has 5 heteroatoms. The van der Waals surface area contributed by atoms with Crippen LogP contribution in [0.2, 0.25) is 5.02 Å². The first kappa shape index (κ1) is 14.3. The number of aromatic nitrogens is 1. The van der Waals surface area contributed by atoms with Crippen LogP contribution >= 0.6 is 11.6 Å². The number of anilines is 1. The minimum Gasteiger partial charge on any atom is -0.506 e. The number of nitrogens with zero attached hydrogens (tertiary/aromatic N) is 1. The Bertz CT molecular complexity index is 588. The van der Waals surface area contributed by atoms with E-state index in [1.807, 2.05) is 18.2 Å². The van der Waals surface area contributed by atoms with Crippen LogP contribution in [0.1, 0.15) is 18.5 Å². The average Bonchev–Trinajstić information content (AvgIpc) is 2.43. The lowest BCUT2D eigenvalue weighted by Gasteiger charge is -2.07. The van der Waals surface area contributed by atoms with Crippen LogP contribution in [0, 0.1) is 0 Å². The number of amides is 1. The lowest BCUT2D eigenvalue weighted by molar-refractivity contribution is -0.116. The molecule has 0 unspecified atom stereocenters. The molecule has 0 radical (unpaired) electrons. The standard InChI is InChI=1S/C15H15ClN2O2/c16-11-7-8-13(14(19)10-11)18-15(20)6-3-5-12-4-1-2-9-17-12/h1-2,4,7-10,19H,3,5-6H2,(H,18,20). The first-order valence-corrected chi connectivity index (χ1v) is 6.71. The van der Waals surface area contributed by atoms with Gasteiger partial charge >= 0.3 is 0 Å². The van der Waals surface area contributed by atoms with Gasteiger partial charge < -0.3 is 10.4 Å². The number of hydrogen-bond donors (Lipinski definition) is 2. The quantitative estimate of drug-likeness (QED) is 0.830. The summed E-state index contributed by atoms with van der Waals surface area (Å²) in [5, 5.41) is 12.7. The molecule has 0 aliphatic heterocycles. The van der Waals surface area contributed by atoms with E-state index in [1.54, 1.807) is 18.3 Å². The maximum absolute atomic E-state index is 11.8. The Labute approximate surface area is 122 Å². The molecule has 1 amide bonds. The summed E-state index contributed by atoms with van der Waals surface area (Å²) in [7, 11) is 0. The van der Waals surface area contributed by atoms with E-state index in [0.29, 0.717) is 23.6 Å². The maximum atomic E-state index is 11.8. The number of phenols is 1. The summed E-state index contributed by atoms with van der Waals surface area (Å²) in [5.74, 6) is -0.172. The highest BCUT2D eigenvalue weighted by molar-refractivity contribution is 6.30. The van der Waals surface area contributed by atoms with Gasteiger partial charge in [0.2, 0.25) is 5.91 Å². The molecule has 0 aliphatic rings. The second kappa shape index (κ2) is 6.91. The molecule has 1 aromatic carbocycles. The summed E-state index contributed by atoms with van der Waals surface area (Å²) in [5.41, 5.74) is 1.34. The topological polar surface area (TPSA) is 62.2 Å². The summed E-state index contributed by atoms with van der Waals surface area (Å²) >= 11 is 5.73. The molecule has 2 aromatic rings. The van der Waals surface area contributed by atoms with Crippen molar-refractivity contribution in [2.45, 2.75) is 19.3 Å². The third-order valence-electron chi connectivity index (χ3n) is 2.80. The molecule has 2 rings (SSSR count). The molecule has 0 atom stereocenters. The zero-order chi connectivity index (χ0) is 14.4. The van der Waals surface area contributed by atoms with E-state index in [1.165, 1.54) is 6.07 Å². The van der Waals surface area contributed by atoms with Gasteiger partial charge in [0.1, 0.15) is 5.75 Å². The number of benzene rings is 1. The van der Waals surface area contributed by atoms with Crippen LogP contribution in [0.15, 0.2) is 42.6 Å². The van der Waals surface area contributed by atoms with Crippen molar-refractivity contribution in [3.05, 3.63) is 53.3 Å². The molecule has 104 valence electrons. The van der Waals surface area contributed by atoms with E-state index in [4.69, 9.17) is 11.6 Å². The van der Waals surface area contributed by atoms with E-state index >= 15 is 0 Å². The van der Waals surface area contributed by atoms with Gasteiger partial charge in [-0.15, -0.1) is 0 Å². The molecule has 20 heavy (non-hydrogen) atoms. The van der Waals surface area contributed by atoms with Crippen molar-refractivity contribution in [3.8, 4) is 5.75 Å². The van der Waals surface area contributed by atoms with Gasteiger partial charge in [-0.2, -0.15) is 0 Å². The highest BCUT2D eigenvalue weighted by Crippen LogP contribution is 2.26. The third-order valence-corrected chi connectivity index (χ3v) is 3.03. The van der Waals surface area contributed by atoms with E-state index in [0.717, 1.165) is 12.1 Å². The van der Waals surface area contributed by atoms with Crippen LogP contribution in [-0.4, -0.2) is 16.0 Å². The molecule has 0 saturated carbocycles. The smallest absolute Gasteiger partial charge is 0.224 e. The number of carbonyl (C=O) groups is 1. The van der Waals surface area contributed by atoms with Gasteiger partial charge in [0, 0.05) is 29.4 Å². The van der Waals surface area contributed by atoms with Crippen molar-refractivity contribution in [3.63, 3.8) is 0 Å². The van der Waals surface area contributed by atoms with Gasteiger partial charge in [-0.25, -0.2) is 0 Å². The Morgan fingerprint density at radius 1 is 1.30 bits per heavy atom. The fourth-order valence-corrected chi connectivity index (χ4v) is 1.97. The number of halogens is 1. The highest BCUT2D eigenvalue weighted by Gasteiger charge is 2.07. The number of hydrogen-bond acceptors (Lipinski definition) is 3. The first-order chi connectivity index (χ1) is 9.65. The van der Waals surface area contributed by atoms with Crippen LogP contribution in [0.25, 0.3) is 0 Å². The zero-order valence-corrected chi connectivity index (χ0v) is 11.6. The molecule has 2 N–H and O–H groups in total. The third kappa shape index (κ3) is 4.24. The van der Waals surface area contributed by atoms with Crippen LogP contribution in [-0.2, 0) is 11.2 Å². The Balaban J connectivity index is 1.81. The van der Waals surface area contributed by atoms with Crippen LogP contribution in [0.3, 0.4) is 0 Å². The van der Waals surface area contributed by atoms with Crippen molar-refractivity contribution in [2.24, 2.45) is 0 Å². The number of aryl methyl sites for hydroxylation is 1. The fraction of sp³-hybridized carbons (Fsp3) is 0.200. The number of phenolic OH excluding ortho intramolecular Hbond substituents is 1. The van der Waals surface area contributed by atoms with Crippen LogP contribution < -0.4 is 5.32 Å². The largest absolute Gasteiger partial charge is 0.506 e. The maximum Gasteiger partial charge on any atom is 0.224 e. The lowest BCUT2D eigenvalue weighted by atomic mass is 10.1. The number of nitrogens with one attached hydrogen (secondary N) is 1. The van der Waals surface area contributed by atoms with Gasteiger partial charge in [0.15, 0.2) is 0 Å². The normalized spacial score (nSPS) is 10.2. The van der Waals surface area contributed by atoms with Gasteiger partial charge in [-0.1, -0.05) is 17.7 Å². The van der Waals surface area contributed by atoms with Gasteiger partial charge in [-0.05, 0) is 37.1 Å². The number of aromatic hydroxyl groups is 1. The molecule has 0 spiro atoms. The Hall–Kier alpha value is -2.07. The molecule has 1 aromatic heterocycles. The SMILES string of the molecule is O=C(CCCc1ccccn1)Nc1ccc(Cl)cc1O. The Morgan fingerprint density at radius 2 is 2.15 bits per heavy atom. The summed E-state index contributed by atoms with van der Waals surface area (Å²) in [6.07, 6.45) is 3.57. The monoisotopic (exact) mass is 290 g/mol. The number of rotatable bonds is 5. The van der Waals surface area contributed by atoms with E-state index in [-0.39, 0.29) is 11.7 Å². The molecular weight excluding hydrogens is 276 g/mol. The number of pyridine rings is 1. The molecule has 0 aliphatic carbocycles. The van der Waals surface area contributed by atoms with Crippen molar-refractivity contribution in [1.29, 1.82) is 0 Å². The molecule has 0 fully saturated rings. The molecule has 0 saturated heterocycles. The molecular formula is C15H15ClN2O2. The Morgan fingerprint density at radius 3 is 2.85 bits per heavy atom. The second-order valence-electron chi connectivity index (χ2n) is 4.38. The molecule has 0 bridgehead atoms.